The molecule has 1 heterocycles. The number of unbranched alkanes of at least 4 members (excludes halogenated alkanes) is 3. The van der Waals surface area contributed by atoms with Crippen LogP contribution in [-0.2, 0) is 0 Å². The van der Waals surface area contributed by atoms with Gasteiger partial charge in [0.15, 0.2) is 0 Å². The lowest BCUT2D eigenvalue weighted by Gasteiger charge is -2.33. The molecule has 1 unspecified atom stereocenters. The van der Waals surface area contributed by atoms with Crippen LogP contribution in [0.2, 0.25) is 5.02 Å². The number of amides is 1. The number of halogens is 1. The van der Waals surface area contributed by atoms with Crippen LogP contribution in [0.4, 0.5) is 0 Å². The first-order valence-electron chi connectivity index (χ1n) is 13.1. The fourth-order valence-corrected chi connectivity index (χ4v) is 5.10. The second kappa shape index (κ2) is 12.2. The Morgan fingerprint density at radius 2 is 1.70 bits per heavy atom. The Bertz CT molecular complexity index is 1430. The summed E-state index contributed by atoms with van der Waals surface area (Å²) in [5, 5.41) is 1.15. The van der Waals surface area contributed by atoms with Crippen molar-refractivity contribution in [3.8, 4) is 5.69 Å². The molecule has 1 amide bonds. The lowest BCUT2D eigenvalue weighted by Crippen LogP contribution is -2.39. The Morgan fingerprint density at radius 1 is 0.973 bits per heavy atom. The van der Waals surface area contributed by atoms with E-state index in [1.165, 1.54) is 0 Å². The van der Waals surface area contributed by atoms with Crippen molar-refractivity contribution in [2.45, 2.75) is 58.9 Å². The van der Waals surface area contributed by atoms with Crippen LogP contribution in [0.5, 0.6) is 0 Å². The summed E-state index contributed by atoms with van der Waals surface area (Å²) >= 11 is 6.26. The van der Waals surface area contributed by atoms with Gasteiger partial charge in [0, 0.05) is 17.1 Å². The predicted molar refractivity (Wildman–Crippen MR) is 152 cm³/mol. The Morgan fingerprint density at radius 3 is 2.41 bits per heavy atom. The van der Waals surface area contributed by atoms with Crippen LogP contribution in [0.1, 0.15) is 73.7 Å². The molecule has 0 aliphatic heterocycles. The maximum atomic E-state index is 14.0. The van der Waals surface area contributed by atoms with E-state index in [1.54, 1.807) is 16.7 Å². The Hall–Kier alpha value is -3.44. The molecule has 37 heavy (non-hydrogen) atoms. The highest BCUT2D eigenvalue weighted by Crippen LogP contribution is 2.29. The largest absolute Gasteiger partial charge is 0.328 e. The minimum absolute atomic E-state index is 0.0502. The second-order valence-corrected chi connectivity index (χ2v) is 9.84. The van der Waals surface area contributed by atoms with Crippen molar-refractivity contribution in [3.05, 3.63) is 105 Å². The van der Waals surface area contributed by atoms with E-state index in [4.69, 9.17) is 16.6 Å². The number of hydrogen-bond acceptors (Lipinski definition) is 3. The first kappa shape index (κ1) is 26.6. The van der Waals surface area contributed by atoms with Gasteiger partial charge in [-0.1, -0.05) is 75.0 Å². The Labute approximate surface area is 223 Å². The Balaban J connectivity index is 1.92. The molecule has 0 aliphatic carbocycles. The highest BCUT2D eigenvalue weighted by molar-refractivity contribution is 6.30. The van der Waals surface area contributed by atoms with E-state index in [-0.39, 0.29) is 17.5 Å². The van der Waals surface area contributed by atoms with Crippen molar-refractivity contribution in [2.75, 3.05) is 6.54 Å². The number of aryl methyl sites for hydroxylation is 1. The third-order valence-electron chi connectivity index (χ3n) is 6.80. The van der Waals surface area contributed by atoms with Gasteiger partial charge in [0.25, 0.3) is 11.5 Å². The molecule has 0 fully saturated rings. The van der Waals surface area contributed by atoms with E-state index in [9.17, 15) is 9.59 Å². The molecular formula is C31H34ClN3O2. The summed E-state index contributed by atoms with van der Waals surface area (Å²) in [6, 6.07) is 21.9. The highest BCUT2D eigenvalue weighted by atomic mass is 35.5. The normalized spacial score (nSPS) is 12.0. The van der Waals surface area contributed by atoms with Crippen LogP contribution in [0.15, 0.2) is 77.6 Å². The number of para-hydroxylation sites is 1. The summed E-state index contributed by atoms with van der Waals surface area (Å²) in [4.78, 5) is 34.8. The van der Waals surface area contributed by atoms with E-state index in [2.05, 4.69) is 6.92 Å². The number of nitrogens with zero attached hydrogens (tertiary/aromatic N) is 3. The molecule has 0 saturated heterocycles. The van der Waals surface area contributed by atoms with Gasteiger partial charge in [-0.15, -0.1) is 0 Å². The summed E-state index contributed by atoms with van der Waals surface area (Å²) in [6.45, 7) is 6.75. The molecule has 192 valence electrons. The SMILES string of the molecule is CCCCCCN(C(=O)c1ccccc1)C(CC)c1nc2ccccc2c(=O)n1-c1ccc(Cl)cc1C. The maximum absolute atomic E-state index is 14.0. The van der Waals surface area contributed by atoms with Crippen LogP contribution < -0.4 is 5.56 Å². The topological polar surface area (TPSA) is 55.2 Å². The third kappa shape index (κ3) is 5.78. The molecule has 0 spiro atoms. The van der Waals surface area contributed by atoms with Crippen molar-refractivity contribution >= 4 is 28.4 Å². The molecule has 0 aliphatic rings. The average molecular weight is 516 g/mol. The zero-order valence-electron chi connectivity index (χ0n) is 21.8. The van der Waals surface area contributed by atoms with Gasteiger partial charge in [-0.05, 0) is 67.8 Å². The van der Waals surface area contributed by atoms with Gasteiger partial charge in [0.1, 0.15) is 5.82 Å². The first-order chi connectivity index (χ1) is 18.0. The van der Waals surface area contributed by atoms with Crippen molar-refractivity contribution < 1.29 is 4.79 Å². The van der Waals surface area contributed by atoms with Crippen molar-refractivity contribution in [3.63, 3.8) is 0 Å². The van der Waals surface area contributed by atoms with Crippen molar-refractivity contribution in [2.24, 2.45) is 0 Å². The number of aromatic nitrogens is 2. The summed E-state index contributed by atoms with van der Waals surface area (Å²) < 4.78 is 1.68. The number of carbonyl (C=O) groups is 1. The molecule has 0 radical (unpaired) electrons. The number of carbonyl (C=O) groups excluding carboxylic acids is 1. The molecule has 4 rings (SSSR count). The van der Waals surface area contributed by atoms with Gasteiger partial charge in [-0.2, -0.15) is 0 Å². The molecule has 6 heteroatoms. The van der Waals surface area contributed by atoms with Crippen molar-refractivity contribution in [1.29, 1.82) is 0 Å². The van der Waals surface area contributed by atoms with Gasteiger partial charge in [-0.25, -0.2) is 4.98 Å². The number of benzene rings is 3. The van der Waals surface area contributed by atoms with Gasteiger partial charge in [0.05, 0.1) is 22.6 Å². The molecule has 3 aromatic carbocycles. The summed E-state index contributed by atoms with van der Waals surface area (Å²) in [6.07, 6.45) is 4.78. The van der Waals surface area contributed by atoms with Gasteiger partial charge in [-0.3, -0.25) is 14.2 Å². The Kier molecular flexibility index (Phi) is 8.78. The molecule has 0 bridgehead atoms. The van der Waals surface area contributed by atoms with E-state index >= 15 is 0 Å². The van der Waals surface area contributed by atoms with Gasteiger partial charge >= 0.3 is 0 Å². The zero-order valence-corrected chi connectivity index (χ0v) is 22.5. The lowest BCUT2D eigenvalue weighted by molar-refractivity contribution is 0.0654. The quantitative estimate of drug-likeness (QED) is 0.205. The first-order valence-corrected chi connectivity index (χ1v) is 13.5. The van der Waals surface area contributed by atoms with Crippen LogP contribution in [0.3, 0.4) is 0 Å². The van der Waals surface area contributed by atoms with E-state index < -0.39 is 0 Å². The fraction of sp³-hybridized carbons (Fsp3) is 0.323. The average Bonchev–Trinajstić information content (AvgIpc) is 2.91. The molecular weight excluding hydrogens is 482 g/mol. The van der Waals surface area contributed by atoms with Gasteiger partial charge < -0.3 is 4.90 Å². The monoisotopic (exact) mass is 515 g/mol. The van der Waals surface area contributed by atoms with E-state index in [1.807, 2.05) is 79.4 Å². The molecule has 1 atom stereocenters. The number of rotatable bonds is 10. The van der Waals surface area contributed by atoms with E-state index in [0.29, 0.717) is 40.3 Å². The van der Waals surface area contributed by atoms with Crippen LogP contribution in [-0.4, -0.2) is 26.9 Å². The molecule has 0 saturated carbocycles. The molecule has 0 N–H and O–H groups in total. The van der Waals surface area contributed by atoms with Gasteiger partial charge in [0.2, 0.25) is 0 Å². The predicted octanol–water partition coefficient (Wildman–Crippen LogP) is 7.52. The van der Waals surface area contributed by atoms with E-state index in [0.717, 1.165) is 36.9 Å². The van der Waals surface area contributed by atoms with Crippen LogP contribution >= 0.6 is 11.6 Å². The minimum Gasteiger partial charge on any atom is -0.328 e. The molecule has 1 aromatic heterocycles. The fourth-order valence-electron chi connectivity index (χ4n) is 4.87. The molecule has 5 nitrogen and oxygen atoms in total. The standard InChI is InChI=1S/C31H34ClN3O2/c1-4-6-7-13-20-34(30(36)23-14-9-8-10-15-23)27(5-2)29-33-26-17-12-11-16-25(26)31(37)35(29)28-19-18-24(32)21-22(28)3/h8-12,14-19,21,27H,4-7,13,20H2,1-3H3. The smallest absolute Gasteiger partial charge is 0.266 e. The number of hydrogen-bond donors (Lipinski definition) is 0. The summed E-state index contributed by atoms with van der Waals surface area (Å²) in [7, 11) is 0. The van der Waals surface area contributed by atoms with Crippen LogP contribution in [0, 0.1) is 6.92 Å². The highest BCUT2D eigenvalue weighted by Gasteiger charge is 2.29. The van der Waals surface area contributed by atoms with Crippen molar-refractivity contribution in [1.82, 2.24) is 14.5 Å². The zero-order chi connectivity index (χ0) is 26.4. The molecule has 4 aromatic rings. The third-order valence-corrected chi connectivity index (χ3v) is 7.03. The van der Waals surface area contributed by atoms with Crippen LogP contribution in [0.25, 0.3) is 16.6 Å². The minimum atomic E-state index is -0.387. The number of fused-ring (bicyclic) bond motifs is 1. The summed E-state index contributed by atoms with van der Waals surface area (Å²) in [5.74, 6) is 0.516. The summed E-state index contributed by atoms with van der Waals surface area (Å²) in [5.41, 5.74) is 2.70. The second-order valence-electron chi connectivity index (χ2n) is 9.41. The maximum Gasteiger partial charge on any atom is 0.266 e. The lowest BCUT2D eigenvalue weighted by atomic mass is 10.1.